The van der Waals surface area contributed by atoms with E-state index in [1.54, 1.807) is 17.5 Å². The highest BCUT2D eigenvalue weighted by molar-refractivity contribution is 8.00. The summed E-state index contributed by atoms with van der Waals surface area (Å²) in [6.07, 6.45) is 1.78. The summed E-state index contributed by atoms with van der Waals surface area (Å²) >= 11 is 2.78. The molecule has 0 spiro atoms. The van der Waals surface area contributed by atoms with Crippen molar-refractivity contribution in [2.45, 2.75) is 49.2 Å². The Kier molecular flexibility index (Phi) is 7.49. The number of aliphatic hydroxyl groups excluding tert-OH is 1. The molecule has 0 bridgehead atoms. The highest BCUT2D eigenvalue weighted by atomic mass is 32.2. The predicted octanol–water partition coefficient (Wildman–Crippen LogP) is 7.86. The van der Waals surface area contributed by atoms with Crippen molar-refractivity contribution in [1.82, 2.24) is 19.6 Å². The number of aromatic nitrogens is 4. The number of fused-ring (bicyclic) bond motifs is 2. The Bertz CT molecular complexity index is 2170. The van der Waals surface area contributed by atoms with Crippen LogP contribution in [-0.4, -0.2) is 36.4 Å². The van der Waals surface area contributed by atoms with Crippen LogP contribution >= 0.6 is 23.1 Å². The van der Waals surface area contributed by atoms with E-state index in [0.717, 1.165) is 5.56 Å². The van der Waals surface area contributed by atoms with Crippen LogP contribution in [-0.2, 0) is 20.8 Å². The van der Waals surface area contributed by atoms with Crippen LogP contribution in [0.15, 0.2) is 101 Å². The topological polar surface area (TPSA) is 101 Å². The Labute approximate surface area is 274 Å². The van der Waals surface area contributed by atoms with Crippen molar-refractivity contribution in [2.24, 2.45) is 0 Å². The van der Waals surface area contributed by atoms with Crippen molar-refractivity contribution in [3.8, 4) is 0 Å². The van der Waals surface area contributed by atoms with Crippen LogP contribution < -0.4 is 4.90 Å². The van der Waals surface area contributed by atoms with Gasteiger partial charge in [0.2, 0.25) is 5.13 Å². The van der Waals surface area contributed by atoms with Gasteiger partial charge in [0.1, 0.15) is 11.3 Å². The van der Waals surface area contributed by atoms with E-state index >= 15 is 0 Å². The van der Waals surface area contributed by atoms with Crippen molar-refractivity contribution in [3.05, 3.63) is 125 Å². The number of nitrogens with zero attached hydrogens (tertiary/aromatic N) is 5. The van der Waals surface area contributed by atoms with E-state index in [-0.39, 0.29) is 16.7 Å². The number of anilines is 1. The third-order valence-corrected chi connectivity index (χ3v) is 10.4. The average Bonchev–Trinajstić information content (AvgIpc) is 3.72. The molecule has 1 unspecified atom stereocenters. The molecule has 0 aliphatic carbocycles. The Hall–Kier alpha value is -4.80. The Morgan fingerprint density at radius 1 is 0.935 bits per heavy atom. The molecular formula is C36H31N5O3S2. The van der Waals surface area contributed by atoms with Crippen LogP contribution in [0.5, 0.6) is 0 Å². The normalized spacial score (nSPS) is 16.6. The second-order valence-corrected chi connectivity index (χ2v) is 14.5. The number of thioether (sulfide) groups is 1. The number of pyridine rings is 1. The number of Topliss-reactive ketones (excluding diaryl/α,β-unsaturated/α-hetero) is 1. The van der Waals surface area contributed by atoms with Gasteiger partial charge in [-0.1, -0.05) is 117 Å². The summed E-state index contributed by atoms with van der Waals surface area (Å²) in [6, 6.07) is 26.9. The van der Waals surface area contributed by atoms with Crippen molar-refractivity contribution >= 4 is 62.1 Å². The number of carbonyl (C=O) groups is 2. The quantitative estimate of drug-likeness (QED) is 0.0647. The average molecular weight is 646 g/mol. The van der Waals surface area contributed by atoms with Crippen LogP contribution in [0.3, 0.4) is 0 Å². The molecule has 3 aromatic heterocycles. The minimum atomic E-state index is -0.911. The monoisotopic (exact) mass is 645 g/mol. The summed E-state index contributed by atoms with van der Waals surface area (Å²) in [5, 5.41) is 23.3. The van der Waals surface area contributed by atoms with Gasteiger partial charge in [-0.3, -0.25) is 18.9 Å². The number of aliphatic hydroxyl groups is 1. The molecular weight excluding hydrogens is 615 g/mol. The first kappa shape index (κ1) is 29.9. The second-order valence-electron chi connectivity index (χ2n) is 12.3. The lowest BCUT2D eigenvalue weighted by molar-refractivity contribution is -0.132. The molecule has 1 aliphatic heterocycles. The molecule has 4 heterocycles. The Balaban J connectivity index is 1.30. The number of aryl methyl sites for hydroxylation is 1. The van der Waals surface area contributed by atoms with E-state index in [9.17, 15) is 14.7 Å². The lowest BCUT2D eigenvalue weighted by Gasteiger charge is -2.24. The van der Waals surface area contributed by atoms with Gasteiger partial charge < -0.3 is 5.11 Å². The third kappa shape index (κ3) is 5.17. The first-order chi connectivity index (χ1) is 22.1. The molecule has 0 saturated carbocycles. The van der Waals surface area contributed by atoms with Gasteiger partial charge in [0.05, 0.1) is 17.3 Å². The molecule has 8 nitrogen and oxygen atoms in total. The Morgan fingerprint density at radius 2 is 1.67 bits per heavy atom. The molecule has 1 fully saturated rings. The zero-order valence-electron chi connectivity index (χ0n) is 25.8. The van der Waals surface area contributed by atoms with Gasteiger partial charge in [0.15, 0.2) is 10.1 Å². The van der Waals surface area contributed by atoms with E-state index < -0.39 is 17.7 Å². The number of amides is 1. The zero-order valence-corrected chi connectivity index (χ0v) is 27.4. The number of hydrogen-bond acceptors (Lipinski definition) is 8. The smallest absolute Gasteiger partial charge is 0.301 e. The minimum absolute atomic E-state index is 0.0116. The number of rotatable bonds is 6. The summed E-state index contributed by atoms with van der Waals surface area (Å²) in [7, 11) is 0. The fourth-order valence-corrected chi connectivity index (χ4v) is 7.82. The SMILES string of the molecule is Cc1nc2ccccn2c1C(O)=C1C(=O)C(=O)N(c2nnc(SCc3cccc4ccccc34)s2)C1c1ccc(C(C)(C)C)cc1. The second kappa shape index (κ2) is 11.5. The fraction of sp³-hybridized carbons (Fsp3) is 0.194. The highest BCUT2D eigenvalue weighted by Crippen LogP contribution is 2.45. The molecule has 1 atom stereocenters. The van der Waals surface area contributed by atoms with Crippen LogP contribution in [0.25, 0.3) is 22.2 Å². The van der Waals surface area contributed by atoms with E-state index in [1.165, 1.54) is 44.3 Å². The maximum Gasteiger partial charge on any atom is 0.301 e. The predicted molar refractivity (Wildman–Crippen MR) is 183 cm³/mol. The molecule has 3 aromatic carbocycles. The van der Waals surface area contributed by atoms with Gasteiger partial charge in [0.25, 0.3) is 5.78 Å². The number of hydrogen-bond donors (Lipinski definition) is 1. The standard InChI is InChI=1S/C36H31N5O3S2/c1-21-29(40-19-8-7-14-27(40)37-21)31(42)28-30(23-15-17-25(18-16-23)36(2,3)4)41(33(44)32(28)43)34-38-39-35(46-34)45-20-24-12-9-11-22-10-5-6-13-26(22)24/h5-19,30,42H,20H2,1-4H3. The summed E-state index contributed by atoms with van der Waals surface area (Å²) in [4.78, 5) is 33.6. The molecule has 46 heavy (non-hydrogen) atoms. The summed E-state index contributed by atoms with van der Waals surface area (Å²) in [5.74, 6) is -1.16. The maximum absolute atomic E-state index is 13.8. The fourth-order valence-electron chi connectivity index (χ4n) is 5.95. The van der Waals surface area contributed by atoms with Crippen LogP contribution in [0.2, 0.25) is 0 Å². The van der Waals surface area contributed by atoms with Gasteiger partial charge in [-0.05, 0) is 51.9 Å². The summed E-state index contributed by atoms with van der Waals surface area (Å²) in [6.45, 7) is 8.15. The van der Waals surface area contributed by atoms with Crippen molar-refractivity contribution in [2.75, 3.05) is 4.90 Å². The third-order valence-electron chi connectivity index (χ3n) is 8.30. The number of imidazole rings is 1. The summed E-state index contributed by atoms with van der Waals surface area (Å²) in [5.41, 5.74) is 4.38. The van der Waals surface area contributed by atoms with Gasteiger partial charge >= 0.3 is 5.91 Å². The first-order valence-electron chi connectivity index (χ1n) is 14.9. The van der Waals surface area contributed by atoms with Crippen LogP contribution in [0.1, 0.15) is 54.9 Å². The molecule has 7 rings (SSSR count). The van der Waals surface area contributed by atoms with Crippen molar-refractivity contribution < 1.29 is 14.7 Å². The van der Waals surface area contributed by atoms with Crippen LogP contribution in [0.4, 0.5) is 5.13 Å². The van der Waals surface area contributed by atoms with E-state index in [2.05, 4.69) is 60.2 Å². The van der Waals surface area contributed by atoms with Gasteiger partial charge in [-0.2, -0.15) is 0 Å². The molecule has 0 radical (unpaired) electrons. The Morgan fingerprint density at radius 3 is 2.46 bits per heavy atom. The molecule has 1 saturated heterocycles. The van der Waals surface area contributed by atoms with Gasteiger partial charge in [-0.15, -0.1) is 10.2 Å². The summed E-state index contributed by atoms with van der Waals surface area (Å²) < 4.78 is 2.40. The van der Waals surface area contributed by atoms with Crippen molar-refractivity contribution in [1.29, 1.82) is 0 Å². The minimum Gasteiger partial charge on any atom is -0.505 e. The van der Waals surface area contributed by atoms with E-state index in [1.807, 2.05) is 60.7 Å². The number of ketones is 1. The lowest BCUT2D eigenvalue weighted by Crippen LogP contribution is -2.29. The van der Waals surface area contributed by atoms with Crippen molar-refractivity contribution in [3.63, 3.8) is 0 Å². The molecule has 1 amide bonds. The lowest BCUT2D eigenvalue weighted by atomic mass is 9.85. The maximum atomic E-state index is 13.8. The van der Waals surface area contributed by atoms with Gasteiger partial charge in [-0.25, -0.2) is 4.98 Å². The first-order valence-corrected chi connectivity index (χ1v) is 16.7. The van der Waals surface area contributed by atoms with E-state index in [0.29, 0.717) is 37.8 Å². The molecule has 1 aliphatic rings. The molecule has 230 valence electrons. The molecule has 10 heteroatoms. The van der Waals surface area contributed by atoms with E-state index in [4.69, 9.17) is 0 Å². The largest absolute Gasteiger partial charge is 0.505 e. The van der Waals surface area contributed by atoms with Crippen LogP contribution in [0, 0.1) is 6.92 Å². The molecule has 1 N–H and O–H groups in total. The van der Waals surface area contributed by atoms with Gasteiger partial charge in [0, 0.05) is 11.9 Å². The number of benzene rings is 3. The highest BCUT2D eigenvalue weighted by Gasteiger charge is 2.49. The molecule has 6 aromatic rings. The number of carbonyl (C=O) groups excluding carboxylic acids is 2. The zero-order chi connectivity index (χ0) is 32.2.